The van der Waals surface area contributed by atoms with Crippen molar-refractivity contribution >= 4 is 12.4 Å². The van der Waals surface area contributed by atoms with E-state index in [4.69, 9.17) is 4.74 Å². The molecule has 0 aromatic heterocycles. The van der Waals surface area contributed by atoms with E-state index in [1.54, 1.807) is 0 Å². The SMILES string of the molecule is O=Cc1ccc(C#CCNC(=O)OCc2ccccc2)c(F)c1. The Labute approximate surface area is 133 Å². The van der Waals surface area contributed by atoms with Crippen molar-refractivity contribution in [1.82, 2.24) is 5.32 Å². The molecule has 0 fully saturated rings. The van der Waals surface area contributed by atoms with Crippen LogP contribution >= 0.6 is 0 Å². The van der Waals surface area contributed by atoms with Gasteiger partial charge in [0, 0.05) is 5.56 Å². The summed E-state index contributed by atoms with van der Waals surface area (Å²) in [4.78, 5) is 22.0. The lowest BCUT2D eigenvalue weighted by atomic mass is 10.1. The van der Waals surface area contributed by atoms with Crippen LogP contribution in [0.4, 0.5) is 9.18 Å². The molecule has 2 aromatic carbocycles. The zero-order valence-electron chi connectivity index (χ0n) is 12.2. The lowest BCUT2D eigenvalue weighted by Gasteiger charge is -2.04. The second-order valence-corrected chi connectivity index (χ2v) is 4.57. The van der Waals surface area contributed by atoms with Crippen molar-refractivity contribution in [3.63, 3.8) is 0 Å². The van der Waals surface area contributed by atoms with Gasteiger partial charge in [-0.05, 0) is 17.7 Å². The predicted octanol–water partition coefficient (Wildman–Crippen LogP) is 2.92. The summed E-state index contributed by atoms with van der Waals surface area (Å²) in [7, 11) is 0. The van der Waals surface area contributed by atoms with E-state index in [0.717, 1.165) is 11.6 Å². The number of carbonyl (C=O) groups is 2. The number of benzene rings is 2. The molecule has 0 aliphatic heterocycles. The summed E-state index contributed by atoms with van der Waals surface area (Å²) in [5, 5.41) is 2.45. The largest absolute Gasteiger partial charge is 0.445 e. The molecule has 5 heteroatoms. The third-order valence-corrected chi connectivity index (χ3v) is 2.89. The van der Waals surface area contributed by atoms with E-state index in [2.05, 4.69) is 17.2 Å². The molecule has 2 aromatic rings. The van der Waals surface area contributed by atoms with Crippen molar-refractivity contribution in [2.75, 3.05) is 6.54 Å². The van der Waals surface area contributed by atoms with E-state index >= 15 is 0 Å². The standard InChI is InChI=1S/C18H14FNO3/c19-17-11-15(12-21)8-9-16(17)7-4-10-20-18(22)23-13-14-5-2-1-3-6-14/h1-3,5-6,8-9,11-12H,10,13H2,(H,20,22). The molecule has 0 aliphatic carbocycles. The van der Waals surface area contributed by atoms with Crippen LogP contribution in [0.2, 0.25) is 0 Å². The number of ether oxygens (including phenoxy) is 1. The molecule has 0 aliphatic rings. The Morgan fingerprint density at radius 1 is 1.22 bits per heavy atom. The molecule has 0 atom stereocenters. The maximum absolute atomic E-state index is 13.6. The Morgan fingerprint density at radius 3 is 2.70 bits per heavy atom. The van der Waals surface area contributed by atoms with Gasteiger partial charge in [-0.1, -0.05) is 48.2 Å². The number of nitrogens with one attached hydrogen (secondary N) is 1. The number of carbonyl (C=O) groups excluding carboxylic acids is 2. The summed E-state index contributed by atoms with van der Waals surface area (Å²) in [5.41, 5.74) is 1.29. The summed E-state index contributed by atoms with van der Waals surface area (Å²) >= 11 is 0. The molecule has 4 nitrogen and oxygen atoms in total. The molecule has 0 saturated carbocycles. The highest BCUT2D eigenvalue weighted by Crippen LogP contribution is 2.07. The minimum Gasteiger partial charge on any atom is -0.445 e. The topological polar surface area (TPSA) is 55.4 Å². The predicted molar refractivity (Wildman–Crippen MR) is 83.3 cm³/mol. The second-order valence-electron chi connectivity index (χ2n) is 4.57. The number of amides is 1. The van der Waals surface area contributed by atoms with E-state index in [9.17, 15) is 14.0 Å². The maximum atomic E-state index is 13.6. The molecule has 1 amide bonds. The summed E-state index contributed by atoms with van der Waals surface area (Å²) < 4.78 is 18.6. The minimum absolute atomic E-state index is 0.0303. The molecule has 0 heterocycles. The molecule has 0 unspecified atom stereocenters. The van der Waals surface area contributed by atoms with Gasteiger partial charge in [0.25, 0.3) is 0 Å². The van der Waals surface area contributed by atoms with Crippen molar-refractivity contribution in [2.24, 2.45) is 0 Å². The third-order valence-electron chi connectivity index (χ3n) is 2.89. The zero-order chi connectivity index (χ0) is 16.5. The summed E-state index contributed by atoms with van der Waals surface area (Å²) in [5.74, 6) is 4.63. The number of rotatable bonds is 4. The van der Waals surface area contributed by atoms with Gasteiger partial charge in [-0.2, -0.15) is 0 Å². The van der Waals surface area contributed by atoms with Gasteiger partial charge in [-0.25, -0.2) is 9.18 Å². The Balaban J connectivity index is 1.79. The molecular formula is C18H14FNO3. The molecule has 1 N–H and O–H groups in total. The average molecular weight is 311 g/mol. The Morgan fingerprint density at radius 2 is 2.00 bits per heavy atom. The third kappa shape index (κ3) is 5.29. The lowest BCUT2D eigenvalue weighted by molar-refractivity contribution is 0.112. The van der Waals surface area contributed by atoms with Crippen molar-refractivity contribution in [3.05, 3.63) is 71.0 Å². The van der Waals surface area contributed by atoms with Gasteiger partial charge >= 0.3 is 6.09 Å². The molecule has 2 rings (SSSR count). The number of alkyl carbamates (subject to hydrolysis) is 1. The minimum atomic E-state index is -0.597. The van der Waals surface area contributed by atoms with Gasteiger partial charge in [-0.3, -0.25) is 4.79 Å². The van der Waals surface area contributed by atoms with Crippen LogP contribution in [0, 0.1) is 17.7 Å². The highest BCUT2D eigenvalue weighted by molar-refractivity contribution is 5.75. The van der Waals surface area contributed by atoms with Crippen molar-refractivity contribution < 1.29 is 18.7 Å². The highest BCUT2D eigenvalue weighted by atomic mass is 19.1. The molecule has 0 saturated heterocycles. The van der Waals surface area contributed by atoms with Crippen molar-refractivity contribution in [1.29, 1.82) is 0 Å². The quantitative estimate of drug-likeness (QED) is 0.698. The Hall–Kier alpha value is -3.13. The summed E-state index contributed by atoms with van der Waals surface area (Å²) in [6, 6.07) is 13.3. The molecular weight excluding hydrogens is 297 g/mol. The fourth-order valence-corrected chi connectivity index (χ4v) is 1.74. The number of hydrogen-bond donors (Lipinski definition) is 1. The number of aldehydes is 1. The first-order valence-corrected chi connectivity index (χ1v) is 6.87. The first-order valence-electron chi connectivity index (χ1n) is 6.87. The fraction of sp³-hybridized carbons (Fsp3) is 0.111. The van der Waals surface area contributed by atoms with Crippen LogP contribution in [0.1, 0.15) is 21.5 Å². The van der Waals surface area contributed by atoms with Crippen LogP contribution in [0.25, 0.3) is 0 Å². The maximum Gasteiger partial charge on any atom is 0.408 e. The smallest absolute Gasteiger partial charge is 0.408 e. The van der Waals surface area contributed by atoms with E-state index in [1.165, 1.54) is 12.1 Å². The van der Waals surface area contributed by atoms with Gasteiger partial charge in [-0.15, -0.1) is 0 Å². The summed E-state index contributed by atoms with van der Waals surface area (Å²) in [6.07, 6.45) is -0.0372. The van der Waals surface area contributed by atoms with Gasteiger partial charge < -0.3 is 10.1 Å². The van der Waals surface area contributed by atoms with Crippen molar-refractivity contribution in [3.8, 4) is 11.8 Å². The number of hydrogen-bond acceptors (Lipinski definition) is 3. The van der Waals surface area contributed by atoms with Crippen LogP contribution < -0.4 is 5.32 Å². The van der Waals surface area contributed by atoms with Crippen LogP contribution in [0.3, 0.4) is 0 Å². The molecule has 0 bridgehead atoms. The van der Waals surface area contributed by atoms with Crippen LogP contribution in [-0.4, -0.2) is 18.9 Å². The highest BCUT2D eigenvalue weighted by Gasteiger charge is 2.01. The van der Waals surface area contributed by atoms with Gasteiger partial charge in [0.05, 0.1) is 12.1 Å². The van der Waals surface area contributed by atoms with E-state index < -0.39 is 11.9 Å². The zero-order valence-corrected chi connectivity index (χ0v) is 12.2. The van der Waals surface area contributed by atoms with Crippen molar-refractivity contribution in [2.45, 2.75) is 6.61 Å². The second kappa shape index (κ2) is 8.35. The lowest BCUT2D eigenvalue weighted by Crippen LogP contribution is -2.24. The van der Waals surface area contributed by atoms with E-state index in [-0.39, 0.29) is 24.3 Å². The Bertz CT molecular complexity index is 748. The fourth-order valence-electron chi connectivity index (χ4n) is 1.74. The monoisotopic (exact) mass is 311 g/mol. The van der Waals surface area contributed by atoms with Crippen LogP contribution in [0.15, 0.2) is 48.5 Å². The summed E-state index contributed by atoms with van der Waals surface area (Å²) in [6.45, 7) is 0.199. The van der Waals surface area contributed by atoms with Gasteiger partial charge in [0.15, 0.2) is 0 Å². The molecule has 0 radical (unpaired) electrons. The van der Waals surface area contributed by atoms with E-state index in [1.807, 2.05) is 30.3 Å². The van der Waals surface area contributed by atoms with Crippen LogP contribution in [0.5, 0.6) is 0 Å². The Kier molecular flexibility index (Phi) is 5.89. The molecule has 23 heavy (non-hydrogen) atoms. The first kappa shape index (κ1) is 16.2. The van der Waals surface area contributed by atoms with Crippen LogP contribution in [-0.2, 0) is 11.3 Å². The molecule has 0 spiro atoms. The average Bonchev–Trinajstić information content (AvgIpc) is 2.58. The normalized spacial score (nSPS) is 9.43. The number of halogens is 1. The molecule has 116 valence electrons. The van der Waals surface area contributed by atoms with Gasteiger partial charge in [0.2, 0.25) is 0 Å². The van der Waals surface area contributed by atoms with E-state index in [0.29, 0.717) is 6.29 Å². The first-order chi connectivity index (χ1) is 11.2. The van der Waals surface area contributed by atoms with Gasteiger partial charge in [0.1, 0.15) is 18.7 Å².